The molecule has 5 nitrogen and oxygen atoms in total. The molecule has 0 aromatic carbocycles. The van der Waals surface area contributed by atoms with Crippen LogP contribution in [0.2, 0.25) is 0 Å². The molecular formula is C11H18N2O3. The van der Waals surface area contributed by atoms with Crippen LogP contribution in [0.4, 0.5) is 0 Å². The number of rotatable bonds is 3. The van der Waals surface area contributed by atoms with Gasteiger partial charge in [0.05, 0.1) is 13.0 Å². The summed E-state index contributed by atoms with van der Waals surface area (Å²) in [4.78, 5) is 29.9. The minimum absolute atomic E-state index is 0.114. The van der Waals surface area contributed by atoms with Gasteiger partial charge in [-0.2, -0.15) is 0 Å². The number of nitrogens with one attached hydrogen (secondary N) is 1. The third kappa shape index (κ3) is 2.52. The van der Waals surface area contributed by atoms with Crippen molar-refractivity contribution in [1.29, 1.82) is 0 Å². The molecular weight excluding hydrogens is 208 g/mol. The summed E-state index contributed by atoms with van der Waals surface area (Å²) >= 11 is 0. The normalized spacial score (nSPS) is 25.3. The van der Waals surface area contributed by atoms with Crippen LogP contribution >= 0.6 is 0 Å². The van der Waals surface area contributed by atoms with Gasteiger partial charge in [0, 0.05) is 19.0 Å². The standard InChI is InChI=1S/C11H18N2O3/c1-16-12-10(14)9-3-2-6-13(7-9)11(15)8-4-5-8/h8-9H,2-7H2,1H3,(H,12,14). The average molecular weight is 226 g/mol. The molecule has 16 heavy (non-hydrogen) atoms. The van der Waals surface area contributed by atoms with Gasteiger partial charge in [-0.1, -0.05) is 0 Å². The molecule has 0 aromatic heterocycles. The zero-order valence-electron chi connectivity index (χ0n) is 9.57. The van der Waals surface area contributed by atoms with Crippen molar-refractivity contribution in [3.05, 3.63) is 0 Å². The first-order valence-electron chi connectivity index (χ1n) is 5.84. The van der Waals surface area contributed by atoms with Gasteiger partial charge in [0.25, 0.3) is 0 Å². The number of hydroxylamine groups is 1. The molecule has 5 heteroatoms. The highest BCUT2D eigenvalue weighted by Gasteiger charge is 2.36. The number of hydrogen-bond donors (Lipinski definition) is 1. The number of carbonyl (C=O) groups is 2. The fourth-order valence-electron chi connectivity index (χ4n) is 2.16. The summed E-state index contributed by atoms with van der Waals surface area (Å²) in [5, 5.41) is 0. The molecule has 1 atom stereocenters. The molecule has 0 bridgehead atoms. The minimum Gasteiger partial charge on any atom is -0.342 e. The molecule has 90 valence electrons. The van der Waals surface area contributed by atoms with Crippen LogP contribution in [0.25, 0.3) is 0 Å². The van der Waals surface area contributed by atoms with Gasteiger partial charge in [0.2, 0.25) is 11.8 Å². The van der Waals surface area contributed by atoms with E-state index in [0.717, 1.165) is 32.2 Å². The Morgan fingerprint density at radius 1 is 1.25 bits per heavy atom. The second-order valence-corrected chi connectivity index (χ2v) is 4.57. The number of nitrogens with zero attached hydrogens (tertiary/aromatic N) is 1. The number of hydrogen-bond acceptors (Lipinski definition) is 3. The van der Waals surface area contributed by atoms with Crippen molar-refractivity contribution < 1.29 is 14.4 Å². The molecule has 1 saturated heterocycles. The van der Waals surface area contributed by atoms with E-state index in [2.05, 4.69) is 10.3 Å². The van der Waals surface area contributed by atoms with E-state index in [1.165, 1.54) is 7.11 Å². The lowest BCUT2D eigenvalue weighted by molar-refractivity contribution is -0.141. The Labute approximate surface area is 95.1 Å². The molecule has 2 aliphatic rings. The largest absolute Gasteiger partial charge is 0.342 e. The second kappa shape index (κ2) is 4.82. The summed E-state index contributed by atoms with van der Waals surface area (Å²) in [6.07, 6.45) is 3.78. The van der Waals surface area contributed by atoms with Crippen LogP contribution in [0.3, 0.4) is 0 Å². The van der Waals surface area contributed by atoms with Gasteiger partial charge in [0.15, 0.2) is 0 Å². The molecule has 2 amide bonds. The van der Waals surface area contributed by atoms with Crippen LogP contribution in [0.5, 0.6) is 0 Å². The SMILES string of the molecule is CONC(=O)C1CCCN(C(=O)C2CC2)C1. The predicted molar refractivity (Wildman–Crippen MR) is 57.2 cm³/mol. The van der Waals surface area contributed by atoms with E-state index < -0.39 is 0 Å². The summed E-state index contributed by atoms with van der Waals surface area (Å²) in [6, 6.07) is 0. The van der Waals surface area contributed by atoms with Crippen molar-refractivity contribution in [1.82, 2.24) is 10.4 Å². The van der Waals surface area contributed by atoms with Crippen LogP contribution in [0.1, 0.15) is 25.7 Å². The van der Waals surface area contributed by atoms with Crippen molar-refractivity contribution in [3.8, 4) is 0 Å². The van der Waals surface area contributed by atoms with Crippen LogP contribution < -0.4 is 5.48 Å². The number of amides is 2. The lowest BCUT2D eigenvalue weighted by Gasteiger charge is -2.31. The number of piperidine rings is 1. The molecule has 0 spiro atoms. The van der Waals surface area contributed by atoms with E-state index in [4.69, 9.17) is 0 Å². The van der Waals surface area contributed by atoms with Gasteiger partial charge in [-0.25, -0.2) is 5.48 Å². The van der Waals surface area contributed by atoms with Crippen LogP contribution in [0.15, 0.2) is 0 Å². The zero-order valence-corrected chi connectivity index (χ0v) is 9.57. The van der Waals surface area contributed by atoms with E-state index in [9.17, 15) is 9.59 Å². The van der Waals surface area contributed by atoms with Gasteiger partial charge in [0.1, 0.15) is 0 Å². The molecule has 1 N–H and O–H groups in total. The Morgan fingerprint density at radius 2 is 2.00 bits per heavy atom. The van der Waals surface area contributed by atoms with Crippen LogP contribution in [-0.2, 0) is 14.4 Å². The van der Waals surface area contributed by atoms with Crippen molar-refractivity contribution in [2.75, 3.05) is 20.2 Å². The third-order valence-electron chi connectivity index (χ3n) is 3.23. The molecule has 1 heterocycles. The first-order valence-corrected chi connectivity index (χ1v) is 5.84. The highest BCUT2D eigenvalue weighted by molar-refractivity contribution is 5.83. The quantitative estimate of drug-likeness (QED) is 0.705. The van der Waals surface area contributed by atoms with E-state index in [1.54, 1.807) is 0 Å². The molecule has 2 rings (SSSR count). The third-order valence-corrected chi connectivity index (χ3v) is 3.23. The maximum absolute atomic E-state index is 11.8. The summed E-state index contributed by atoms with van der Waals surface area (Å²) in [7, 11) is 1.42. The molecule has 1 aliphatic carbocycles. The van der Waals surface area contributed by atoms with Crippen molar-refractivity contribution in [2.45, 2.75) is 25.7 Å². The highest BCUT2D eigenvalue weighted by atomic mass is 16.6. The molecule has 0 aromatic rings. The topological polar surface area (TPSA) is 58.6 Å². The van der Waals surface area contributed by atoms with Crippen LogP contribution in [-0.4, -0.2) is 36.9 Å². The Bertz CT molecular complexity index is 289. The van der Waals surface area contributed by atoms with Gasteiger partial charge >= 0.3 is 0 Å². The van der Waals surface area contributed by atoms with Crippen molar-refractivity contribution >= 4 is 11.8 Å². The fraction of sp³-hybridized carbons (Fsp3) is 0.818. The minimum atomic E-state index is -0.115. The van der Waals surface area contributed by atoms with E-state index in [0.29, 0.717) is 6.54 Å². The number of likely N-dealkylation sites (tertiary alicyclic amines) is 1. The van der Waals surface area contributed by atoms with Crippen molar-refractivity contribution in [2.24, 2.45) is 11.8 Å². The van der Waals surface area contributed by atoms with Gasteiger partial charge < -0.3 is 4.90 Å². The van der Waals surface area contributed by atoms with Gasteiger partial charge in [-0.3, -0.25) is 14.4 Å². The molecule has 1 saturated carbocycles. The first kappa shape index (κ1) is 11.4. The van der Waals surface area contributed by atoms with E-state index >= 15 is 0 Å². The Hall–Kier alpha value is -1.10. The Kier molecular flexibility index (Phi) is 3.43. The Balaban J connectivity index is 1.87. The molecule has 1 aliphatic heterocycles. The zero-order chi connectivity index (χ0) is 11.5. The van der Waals surface area contributed by atoms with Crippen LogP contribution in [0, 0.1) is 11.8 Å². The average Bonchev–Trinajstić information content (AvgIpc) is 3.12. The summed E-state index contributed by atoms with van der Waals surface area (Å²) in [6.45, 7) is 1.34. The maximum atomic E-state index is 11.8. The smallest absolute Gasteiger partial charge is 0.248 e. The maximum Gasteiger partial charge on any atom is 0.248 e. The lowest BCUT2D eigenvalue weighted by Crippen LogP contribution is -2.45. The summed E-state index contributed by atoms with van der Waals surface area (Å²) in [5.41, 5.74) is 2.34. The second-order valence-electron chi connectivity index (χ2n) is 4.57. The Morgan fingerprint density at radius 3 is 2.62 bits per heavy atom. The van der Waals surface area contributed by atoms with E-state index in [1.807, 2.05) is 4.90 Å². The summed E-state index contributed by atoms with van der Waals surface area (Å²) < 4.78 is 0. The van der Waals surface area contributed by atoms with Crippen molar-refractivity contribution in [3.63, 3.8) is 0 Å². The predicted octanol–water partition coefficient (Wildman–Crippen LogP) is 0.313. The molecule has 1 unspecified atom stereocenters. The lowest BCUT2D eigenvalue weighted by atomic mass is 9.97. The molecule has 0 radical (unpaired) electrons. The van der Waals surface area contributed by atoms with Gasteiger partial charge in [-0.05, 0) is 25.7 Å². The summed E-state index contributed by atoms with van der Waals surface area (Å²) in [5.74, 6) is 0.242. The number of carbonyl (C=O) groups excluding carboxylic acids is 2. The monoisotopic (exact) mass is 226 g/mol. The molecule has 2 fully saturated rings. The van der Waals surface area contributed by atoms with E-state index in [-0.39, 0.29) is 23.7 Å². The first-order chi connectivity index (χ1) is 7.72. The fourth-order valence-corrected chi connectivity index (χ4v) is 2.16. The highest BCUT2D eigenvalue weighted by Crippen LogP contribution is 2.32. The van der Waals surface area contributed by atoms with Gasteiger partial charge in [-0.15, -0.1) is 0 Å².